The number of H-pyrrole nitrogens is 1. The van der Waals surface area contributed by atoms with E-state index in [1.54, 1.807) is 6.92 Å². The third kappa shape index (κ3) is 5.30. The molecule has 35 heavy (non-hydrogen) atoms. The number of alkyl halides is 3. The lowest BCUT2D eigenvalue weighted by molar-refractivity contribution is -0.190. The molecule has 0 bridgehead atoms. The van der Waals surface area contributed by atoms with E-state index >= 15 is 4.39 Å². The first-order valence-electron chi connectivity index (χ1n) is 10.1. The number of anilines is 1. The SMILES string of the molecule is CCCn1c(CO)nn(-c2nc(O[C@@H](C)C(F)(F)F)c(C(=O)Nc3c(Cl)n[nH]c3C)cc2F)c1=O. The number of nitrogens with one attached hydrogen (secondary N) is 2. The maximum absolute atomic E-state index is 15.1. The number of amides is 1. The maximum Gasteiger partial charge on any atom is 0.425 e. The highest BCUT2D eigenvalue weighted by Gasteiger charge is 2.39. The third-order valence-electron chi connectivity index (χ3n) is 4.79. The fourth-order valence-electron chi connectivity index (χ4n) is 2.96. The van der Waals surface area contributed by atoms with Crippen molar-refractivity contribution in [3.05, 3.63) is 44.6 Å². The number of ether oxygens (including phenoxy) is 1. The summed E-state index contributed by atoms with van der Waals surface area (Å²) in [7, 11) is 0. The minimum atomic E-state index is -4.85. The Labute approximate surface area is 199 Å². The van der Waals surface area contributed by atoms with E-state index in [2.05, 4.69) is 25.6 Å². The molecular formula is C19H20ClF4N7O4. The van der Waals surface area contributed by atoms with Crippen molar-refractivity contribution in [2.24, 2.45) is 0 Å². The molecule has 190 valence electrons. The minimum absolute atomic E-state index is 0.0121. The molecule has 16 heteroatoms. The van der Waals surface area contributed by atoms with Gasteiger partial charge in [-0.15, -0.1) is 5.10 Å². The molecule has 0 aliphatic heterocycles. The molecule has 0 unspecified atom stereocenters. The number of nitrogens with zero attached hydrogens (tertiary/aromatic N) is 5. The van der Waals surface area contributed by atoms with Gasteiger partial charge in [-0.25, -0.2) is 9.18 Å². The highest BCUT2D eigenvalue weighted by atomic mass is 35.5. The Morgan fingerprint density at radius 2 is 2.09 bits per heavy atom. The Morgan fingerprint density at radius 1 is 1.40 bits per heavy atom. The lowest BCUT2D eigenvalue weighted by Gasteiger charge is -2.19. The largest absolute Gasteiger partial charge is 0.464 e. The van der Waals surface area contributed by atoms with E-state index in [9.17, 15) is 27.9 Å². The number of carbonyl (C=O) groups excluding carboxylic acids is 1. The van der Waals surface area contributed by atoms with Crippen molar-refractivity contribution in [1.82, 2.24) is 29.5 Å². The molecule has 0 aliphatic carbocycles. The van der Waals surface area contributed by atoms with Crippen LogP contribution in [-0.2, 0) is 13.2 Å². The first-order valence-corrected chi connectivity index (χ1v) is 10.5. The number of hydrogen-bond donors (Lipinski definition) is 3. The van der Waals surface area contributed by atoms with Crippen molar-refractivity contribution in [3.8, 4) is 11.7 Å². The molecule has 3 aromatic heterocycles. The summed E-state index contributed by atoms with van der Waals surface area (Å²) in [5.74, 6) is -4.21. The van der Waals surface area contributed by atoms with E-state index in [-0.39, 0.29) is 23.2 Å². The van der Waals surface area contributed by atoms with Gasteiger partial charge in [0, 0.05) is 6.54 Å². The second kappa shape index (κ2) is 10.0. The zero-order valence-corrected chi connectivity index (χ0v) is 19.3. The quantitative estimate of drug-likeness (QED) is 0.387. The number of rotatable bonds is 8. The summed E-state index contributed by atoms with van der Waals surface area (Å²) in [5, 5.41) is 21.6. The van der Waals surface area contributed by atoms with Gasteiger partial charge in [0.2, 0.25) is 5.88 Å². The van der Waals surface area contributed by atoms with Crippen LogP contribution in [0.5, 0.6) is 5.88 Å². The van der Waals surface area contributed by atoms with Crippen LogP contribution in [0.25, 0.3) is 5.82 Å². The van der Waals surface area contributed by atoms with E-state index in [1.807, 2.05) is 0 Å². The number of halogens is 5. The highest BCUT2D eigenvalue weighted by molar-refractivity contribution is 6.33. The molecule has 3 rings (SSSR count). The zero-order chi connectivity index (χ0) is 26.1. The minimum Gasteiger partial charge on any atom is -0.464 e. The zero-order valence-electron chi connectivity index (χ0n) is 18.6. The summed E-state index contributed by atoms with van der Waals surface area (Å²) >= 11 is 5.88. The molecule has 0 saturated carbocycles. The molecule has 1 atom stereocenters. The lowest BCUT2D eigenvalue weighted by atomic mass is 10.2. The van der Waals surface area contributed by atoms with Gasteiger partial charge >= 0.3 is 11.9 Å². The Morgan fingerprint density at radius 3 is 2.63 bits per heavy atom. The van der Waals surface area contributed by atoms with Gasteiger partial charge in [0.1, 0.15) is 17.9 Å². The van der Waals surface area contributed by atoms with Crippen LogP contribution in [0.1, 0.15) is 42.1 Å². The topological polar surface area (TPSA) is 140 Å². The Kier molecular flexibility index (Phi) is 7.50. The van der Waals surface area contributed by atoms with Crippen LogP contribution in [0.2, 0.25) is 5.15 Å². The molecule has 3 N–H and O–H groups in total. The molecule has 0 radical (unpaired) electrons. The van der Waals surface area contributed by atoms with Crippen LogP contribution >= 0.6 is 11.6 Å². The second-order valence-corrected chi connectivity index (χ2v) is 7.70. The number of aromatic nitrogens is 6. The molecular weight excluding hydrogens is 502 g/mol. The molecule has 11 nitrogen and oxygen atoms in total. The predicted octanol–water partition coefficient (Wildman–Crippen LogP) is 2.74. The number of aliphatic hydroxyl groups is 1. The van der Waals surface area contributed by atoms with E-state index in [4.69, 9.17) is 16.3 Å². The van der Waals surface area contributed by atoms with E-state index < -0.39 is 53.6 Å². The Hall–Kier alpha value is -3.46. The van der Waals surface area contributed by atoms with Crippen LogP contribution in [0.3, 0.4) is 0 Å². The van der Waals surface area contributed by atoms with E-state index in [0.717, 1.165) is 4.57 Å². The molecule has 1 amide bonds. The van der Waals surface area contributed by atoms with Crippen molar-refractivity contribution in [2.75, 3.05) is 5.32 Å². The molecule has 0 aliphatic rings. The highest BCUT2D eigenvalue weighted by Crippen LogP contribution is 2.29. The van der Waals surface area contributed by atoms with E-state index in [0.29, 0.717) is 29.8 Å². The Balaban J connectivity index is 2.15. The van der Waals surface area contributed by atoms with Gasteiger partial charge in [0.15, 0.2) is 28.7 Å². The fourth-order valence-corrected chi connectivity index (χ4v) is 3.20. The normalized spacial score (nSPS) is 12.6. The van der Waals surface area contributed by atoms with Gasteiger partial charge in [-0.3, -0.25) is 14.5 Å². The van der Waals surface area contributed by atoms with Crippen LogP contribution in [0, 0.1) is 12.7 Å². The average molecular weight is 522 g/mol. The first kappa shape index (κ1) is 26.2. The van der Waals surface area contributed by atoms with Gasteiger partial charge < -0.3 is 15.2 Å². The molecule has 0 aromatic carbocycles. The molecule has 0 spiro atoms. The summed E-state index contributed by atoms with van der Waals surface area (Å²) in [4.78, 5) is 29.2. The Bertz CT molecular complexity index is 1280. The van der Waals surface area contributed by atoms with Crippen molar-refractivity contribution >= 4 is 23.2 Å². The number of aromatic amines is 1. The van der Waals surface area contributed by atoms with Gasteiger partial charge in [-0.05, 0) is 26.3 Å². The number of pyridine rings is 1. The van der Waals surface area contributed by atoms with Gasteiger partial charge in [-0.1, -0.05) is 18.5 Å². The van der Waals surface area contributed by atoms with Gasteiger partial charge in [0.25, 0.3) is 5.91 Å². The molecule has 3 aromatic rings. The first-order chi connectivity index (χ1) is 16.4. The summed E-state index contributed by atoms with van der Waals surface area (Å²) in [6.07, 6.45) is -6.82. The summed E-state index contributed by atoms with van der Waals surface area (Å²) < 4.78 is 61.0. The van der Waals surface area contributed by atoms with Crippen LogP contribution in [-0.4, -0.2) is 52.8 Å². The monoisotopic (exact) mass is 521 g/mol. The molecule has 0 saturated heterocycles. The molecule has 3 heterocycles. The molecule has 0 fully saturated rings. The van der Waals surface area contributed by atoms with E-state index in [1.165, 1.54) is 6.92 Å². The van der Waals surface area contributed by atoms with Crippen LogP contribution in [0.15, 0.2) is 10.9 Å². The second-order valence-electron chi connectivity index (χ2n) is 7.34. The van der Waals surface area contributed by atoms with Crippen molar-refractivity contribution in [2.45, 2.75) is 52.6 Å². The number of hydrogen-bond acceptors (Lipinski definition) is 7. The van der Waals surface area contributed by atoms with Crippen molar-refractivity contribution in [3.63, 3.8) is 0 Å². The van der Waals surface area contributed by atoms with Crippen molar-refractivity contribution in [1.29, 1.82) is 0 Å². The third-order valence-corrected chi connectivity index (χ3v) is 5.06. The smallest absolute Gasteiger partial charge is 0.425 e. The average Bonchev–Trinajstić information content (AvgIpc) is 3.27. The summed E-state index contributed by atoms with van der Waals surface area (Å²) in [6, 6.07) is 0.559. The number of aliphatic hydroxyl groups excluding tert-OH is 1. The fraction of sp³-hybridized carbons (Fsp3) is 0.421. The standard InChI is InChI=1S/C19H20ClF4N7O4/c1-4-5-30-12(7-32)29-31(18(30)34)15-11(21)6-10(17(26-15)35-9(3)19(22,23)24)16(33)25-13-8(2)27-28-14(13)20/h6,9,32H,4-5,7H2,1-3H3,(H,25,33)(H,27,28)/t9-/m0/s1. The summed E-state index contributed by atoms with van der Waals surface area (Å²) in [5.41, 5.74) is -1.26. The predicted molar refractivity (Wildman–Crippen MR) is 114 cm³/mol. The summed E-state index contributed by atoms with van der Waals surface area (Å²) in [6.45, 7) is 3.39. The number of aryl methyl sites for hydroxylation is 1. The maximum atomic E-state index is 15.1. The van der Waals surface area contributed by atoms with Gasteiger partial charge in [-0.2, -0.15) is 27.9 Å². The van der Waals surface area contributed by atoms with Crippen molar-refractivity contribution < 1.29 is 32.2 Å². The number of carbonyl (C=O) groups is 1. The lowest BCUT2D eigenvalue weighted by Crippen LogP contribution is -2.33. The van der Waals surface area contributed by atoms with Crippen LogP contribution < -0.4 is 15.7 Å². The van der Waals surface area contributed by atoms with Gasteiger partial charge in [0.05, 0.1) is 5.69 Å². The van der Waals surface area contributed by atoms with Crippen LogP contribution in [0.4, 0.5) is 23.2 Å².